The number of benzene rings is 1. The Labute approximate surface area is 83.7 Å². The Bertz CT molecular complexity index is 270. The van der Waals surface area contributed by atoms with Crippen molar-refractivity contribution in [1.29, 1.82) is 0 Å². The summed E-state index contributed by atoms with van der Waals surface area (Å²) in [5.41, 5.74) is 0.675. The summed E-state index contributed by atoms with van der Waals surface area (Å²) < 4.78 is 13.8. The van der Waals surface area contributed by atoms with E-state index in [1.165, 1.54) is 0 Å². The molecule has 2 nitrogen and oxygen atoms in total. The van der Waals surface area contributed by atoms with Crippen LogP contribution in [0.1, 0.15) is 5.56 Å². The molecule has 0 aliphatic carbocycles. The van der Waals surface area contributed by atoms with Gasteiger partial charge in [0.1, 0.15) is 0 Å². The van der Waals surface area contributed by atoms with Gasteiger partial charge in [-0.1, -0.05) is 30.3 Å². The topological polar surface area (TPSA) is 15.3 Å². The smallest absolute Gasteiger partial charge is 0.242 e. The van der Waals surface area contributed by atoms with Crippen molar-refractivity contribution in [3.63, 3.8) is 0 Å². The number of hydrogen-bond donors (Lipinski definition) is 1. The average Bonchev–Trinajstić information content (AvgIpc) is 2.30. The summed E-state index contributed by atoms with van der Waals surface area (Å²) in [6.45, 7) is 3.22. The zero-order valence-electron chi connectivity index (χ0n) is 8.04. The number of nitrogens with one attached hydrogen (secondary N) is 1. The highest BCUT2D eigenvalue weighted by atomic mass is 19.1. The van der Waals surface area contributed by atoms with Crippen molar-refractivity contribution in [2.75, 3.05) is 26.2 Å². The van der Waals surface area contributed by atoms with Crippen LogP contribution in [0.3, 0.4) is 0 Å². The molecule has 1 aliphatic rings. The van der Waals surface area contributed by atoms with Crippen LogP contribution in [-0.4, -0.2) is 31.1 Å². The Morgan fingerprint density at radius 1 is 1.14 bits per heavy atom. The average molecular weight is 193 g/mol. The molecule has 0 saturated carbocycles. The van der Waals surface area contributed by atoms with Crippen LogP contribution in [0.5, 0.6) is 0 Å². The maximum absolute atomic E-state index is 13.8. The molecule has 1 saturated heterocycles. The summed E-state index contributed by atoms with van der Waals surface area (Å²) in [7, 11) is 0. The highest BCUT2D eigenvalue weighted by Gasteiger charge is 2.22. The Hall–Kier alpha value is -0.930. The van der Waals surface area contributed by atoms with E-state index in [0.29, 0.717) is 5.56 Å². The minimum absolute atomic E-state index is 0.105. The van der Waals surface area contributed by atoms with Gasteiger partial charge >= 0.3 is 0 Å². The molecule has 75 valence electrons. The van der Waals surface area contributed by atoms with Crippen molar-refractivity contribution in [3.05, 3.63) is 42.2 Å². The van der Waals surface area contributed by atoms with Crippen molar-refractivity contribution < 1.29 is 4.39 Å². The van der Waals surface area contributed by atoms with Gasteiger partial charge in [-0.05, 0) is 0 Å². The first kappa shape index (κ1) is 9.62. The third-order valence-electron chi connectivity index (χ3n) is 2.41. The van der Waals surface area contributed by atoms with E-state index in [-0.39, 0.29) is 6.30 Å². The highest BCUT2D eigenvalue weighted by molar-refractivity contribution is 5.25. The summed E-state index contributed by atoms with van der Waals surface area (Å²) in [5, 5.41) is 3.20. The van der Waals surface area contributed by atoms with Crippen molar-refractivity contribution in [2.24, 2.45) is 0 Å². The summed E-state index contributed by atoms with van der Waals surface area (Å²) in [5.74, 6) is 0. The van der Waals surface area contributed by atoms with Crippen LogP contribution in [0, 0.1) is 6.30 Å². The van der Waals surface area contributed by atoms with Gasteiger partial charge < -0.3 is 5.32 Å². The molecule has 0 spiro atoms. The van der Waals surface area contributed by atoms with Gasteiger partial charge in [0.05, 0.1) is 0 Å². The highest BCUT2D eigenvalue weighted by Crippen LogP contribution is 2.20. The first-order valence-electron chi connectivity index (χ1n) is 4.91. The van der Waals surface area contributed by atoms with E-state index >= 15 is 0 Å². The zero-order valence-corrected chi connectivity index (χ0v) is 8.04. The Morgan fingerprint density at radius 2 is 1.79 bits per heavy atom. The standard InChI is InChI=1S/C11H14FN2/c12-11(10-4-2-1-3-5-10)14-8-6-13-7-9-14/h1-5,13H,6-9H2. The third kappa shape index (κ3) is 2.11. The van der Waals surface area contributed by atoms with Gasteiger partial charge in [-0.15, -0.1) is 0 Å². The van der Waals surface area contributed by atoms with Crippen molar-refractivity contribution in [1.82, 2.24) is 10.2 Å². The molecule has 1 aromatic rings. The summed E-state index contributed by atoms with van der Waals surface area (Å²) in [6.07, 6.45) is -0.105. The van der Waals surface area contributed by atoms with Gasteiger partial charge in [-0.2, -0.15) is 0 Å². The van der Waals surface area contributed by atoms with Gasteiger partial charge in [0.2, 0.25) is 6.30 Å². The van der Waals surface area contributed by atoms with E-state index in [2.05, 4.69) is 5.32 Å². The third-order valence-corrected chi connectivity index (χ3v) is 2.41. The molecule has 0 unspecified atom stereocenters. The first-order valence-corrected chi connectivity index (χ1v) is 4.91. The molecule has 0 bridgehead atoms. The van der Waals surface area contributed by atoms with Crippen molar-refractivity contribution in [2.45, 2.75) is 0 Å². The van der Waals surface area contributed by atoms with E-state index in [1.807, 2.05) is 18.2 Å². The van der Waals surface area contributed by atoms with E-state index in [4.69, 9.17) is 0 Å². The van der Waals surface area contributed by atoms with E-state index in [0.717, 1.165) is 26.2 Å². The number of halogens is 1. The lowest BCUT2D eigenvalue weighted by molar-refractivity contribution is 0.187. The molecule has 1 heterocycles. The molecule has 2 rings (SSSR count). The minimum Gasteiger partial charge on any atom is -0.314 e. The number of rotatable bonds is 2. The molecule has 1 aliphatic heterocycles. The second-order valence-corrected chi connectivity index (χ2v) is 3.39. The normalized spacial score (nSPS) is 18.7. The molecule has 0 aromatic heterocycles. The second-order valence-electron chi connectivity index (χ2n) is 3.39. The predicted molar refractivity (Wildman–Crippen MR) is 54.3 cm³/mol. The fraction of sp³-hybridized carbons (Fsp3) is 0.364. The molecular weight excluding hydrogens is 179 g/mol. The second kappa shape index (κ2) is 4.53. The molecule has 1 fully saturated rings. The summed E-state index contributed by atoms with van der Waals surface area (Å²) >= 11 is 0. The van der Waals surface area contributed by atoms with E-state index < -0.39 is 0 Å². The van der Waals surface area contributed by atoms with Crippen LogP contribution >= 0.6 is 0 Å². The fourth-order valence-corrected chi connectivity index (χ4v) is 1.62. The minimum atomic E-state index is -0.105. The summed E-state index contributed by atoms with van der Waals surface area (Å²) in [4.78, 5) is 1.78. The number of piperazine rings is 1. The van der Waals surface area contributed by atoms with Gasteiger partial charge in [0.15, 0.2) is 0 Å². The molecule has 1 N–H and O–H groups in total. The van der Waals surface area contributed by atoms with Crippen LogP contribution in [0.4, 0.5) is 4.39 Å². The molecule has 0 atom stereocenters. The van der Waals surface area contributed by atoms with Crippen LogP contribution in [-0.2, 0) is 0 Å². The number of hydrogen-bond acceptors (Lipinski definition) is 2. The molecule has 1 radical (unpaired) electrons. The molecule has 1 aromatic carbocycles. The van der Waals surface area contributed by atoms with Gasteiger partial charge in [0.25, 0.3) is 0 Å². The largest absolute Gasteiger partial charge is 0.314 e. The van der Waals surface area contributed by atoms with Crippen molar-refractivity contribution in [3.8, 4) is 0 Å². The Morgan fingerprint density at radius 3 is 2.43 bits per heavy atom. The predicted octanol–water partition coefficient (Wildman–Crippen LogP) is 1.40. The molecule has 3 heteroatoms. The zero-order chi connectivity index (χ0) is 9.80. The van der Waals surface area contributed by atoms with Crippen LogP contribution in [0.15, 0.2) is 30.3 Å². The molecule has 14 heavy (non-hydrogen) atoms. The van der Waals surface area contributed by atoms with Gasteiger partial charge in [0, 0.05) is 31.7 Å². The van der Waals surface area contributed by atoms with Crippen LogP contribution in [0.2, 0.25) is 0 Å². The van der Waals surface area contributed by atoms with Crippen LogP contribution < -0.4 is 5.32 Å². The SMILES string of the molecule is F[C](c1ccccc1)N1CCNCC1. The number of nitrogens with zero attached hydrogens (tertiary/aromatic N) is 1. The monoisotopic (exact) mass is 193 g/mol. The molecular formula is C11H14FN2. The fourth-order valence-electron chi connectivity index (χ4n) is 1.62. The Kier molecular flexibility index (Phi) is 3.11. The Balaban J connectivity index is 2.03. The lowest BCUT2D eigenvalue weighted by atomic mass is 10.2. The lowest BCUT2D eigenvalue weighted by Crippen LogP contribution is -2.44. The maximum atomic E-state index is 13.8. The maximum Gasteiger partial charge on any atom is 0.242 e. The first-order chi connectivity index (χ1) is 6.88. The van der Waals surface area contributed by atoms with Crippen molar-refractivity contribution >= 4 is 0 Å². The lowest BCUT2D eigenvalue weighted by Gasteiger charge is -2.29. The van der Waals surface area contributed by atoms with Gasteiger partial charge in [-0.25, -0.2) is 4.39 Å². The molecule has 0 amide bonds. The quantitative estimate of drug-likeness (QED) is 0.714. The van der Waals surface area contributed by atoms with Crippen LogP contribution in [0.25, 0.3) is 0 Å². The van der Waals surface area contributed by atoms with E-state index in [1.54, 1.807) is 17.0 Å². The summed E-state index contributed by atoms with van der Waals surface area (Å²) in [6, 6.07) is 9.22. The van der Waals surface area contributed by atoms with Gasteiger partial charge in [-0.3, -0.25) is 4.90 Å². The van der Waals surface area contributed by atoms with E-state index in [9.17, 15) is 4.39 Å².